The zero-order valence-corrected chi connectivity index (χ0v) is 16.4. The van der Waals surface area contributed by atoms with Gasteiger partial charge in [0.25, 0.3) is 0 Å². The van der Waals surface area contributed by atoms with Gasteiger partial charge in [0.15, 0.2) is 0 Å². The Morgan fingerprint density at radius 2 is 1.56 bits per heavy atom. The average Bonchev–Trinajstić information content (AvgIpc) is 3.32. The van der Waals surface area contributed by atoms with Crippen molar-refractivity contribution in [3.8, 4) is 0 Å². The van der Waals surface area contributed by atoms with Gasteiger partial charge in [0, 0.05) is 13.6 Å². The molecule has 0 atom stereocenters. The lowest BCUT2D eigenvalue weighted by molar-refractivity contribution is -0.132. The van der Waals surface area contributed by atoms with Crippen molar-refractivity contribution < 1.29 is 13.6 Å². The van der Waals surface area contributed by atoms with Gasteiger partial charge in [0.05, 0.1) is 42.2 Å². The Bertz CT molecular complexity index is 827. The van der Waals surface area contributed by atoms with Gasteiger partial charge >= 0.3 is 0 Å². The van der Waals surface area contributed by atoms with Crippen LogP contribution in [-0.4, -0.2) is 29.3 Å². The van der Waals surface area contributed by atoms with Crippen molar-refractivity contribution in [1.29, 1.82) is 0 Å². The van der Waals surface area contributed by atoms with Crippen molar-refractivity contribution in [3.05, 3.63) is 82.1 Å². The lowest BCUT2D eigenvalue weighted by Crippen LogP contribution is -2.37. The van der Waals surface area contributed by atoms with Crippen molar-refractivity contribution >= 4 is 29.1 Å². The third-order valence-corrected chi connectivity index (χ3v) is 4.85. The van der Waals surface area contributed by atoms with E-state index in [1.54, 1.807) is 36.6 Å². The fraction of sp³-hybridized carbons (Fsp3) is 0.250. The largest absolute Gasteiger partial charge is 0.468 e. The van der Waals surface area contributed by atoms with Crippen LogP contribution in [0.25, 0.3) is 0 Å². The van der Waals surface area contributed by atoms with Crippen LogP contribution in [0.2, 0.25) is 10.0 Å². The summed E-state index contributed by atoms with van der Waals surface area (Å²) in [4.78, 5) is 16.4. The zero-order valence-electron chi connectivity index (χ0n) is 14.9. The summed E-state index contributed by atoms with van der Waals surface area (Å²) in [6, 6.07) is 12.8. The molecule has 3 aromatic rings. The SMILES string of the molecule is CN(Cc1ccc(Cl)c(Cl)c1)C(=O)CN(Cc1ccco1)Cc1ccco1. The Balaban J connectivity index is 1.64. The maximum atomic E-state index is 12.7. The topological polar surface area (TPSA) is 49.8 Å². The highest BCUT2D eigenvalue weighted by Gasteiger charge is 2.18. The summed E-state index contributed by atoms with van der Waals surface area (Å²) in [7, 11) is 1.77. The Morgan fingerprint density at radius 1 is 0.926 bits per heavy atom. The second-order valence-electron chi connectivity index (χ2n) is 6.30. The van der Waals surface area contributed by atoms with E-state index in [1.807, 2.05) is 35.2 Å². The molecular formula is C20H20Cl2N2O3. The minimum Gasteiger partial charge on any atom is -0.468 e. The van der Waals surface area contributed by atoms with Crippen molar-refractivity contribution in [1.82, 2.24) is 9.80 Å². The second kappa shape index (κ2) is 9.13. The summed E-state index contributed by atoms with van der Waals surface area (Å²) in [6.07, 6.45) is 3.25. The maximum absolute atomic E-state index is 12.7. The van der Waals surface area contributed by atoms with Crippen LogP contribution in [0.3, 0.4) is 0 Å². The highest BCUT2D eigenvalue weighted by Crippen LogP contribution is 2.23. The number of hydrogen-bond donors (Lipinski definition) is 0. The minimum atomic E-state index is -0.0146. The molecule has 0 spiro atoms. The molecule has 0 N–H and O–H groups in total. The van der Waals surface area contributed by atoms with Gasteiger partial charge in [-0.2, -0.15) is 0 Å². The molecule has 0 saturated carbocycles. The standard InChI is InChI=1S/C20H20Cl2N2O3/c1-23(11-15-6-7-18(21)19(22)10-15)20(25)14-24(12-16-4-2-8-26-16)13-17-5-3-9-27-17/h2-10H,11-14H2,1H3. The van der Waals surface area contributed by atoms with Crippen LogP contribution in [0.1, 0.15) is 17.1 Å². The maximum Gasteiger partial charge on any atom is 0.236 e. The summed E-state index contributed by atoms with van der Waals surface area (Å²) in [5, 5.41) is 0.977. The first-order chi connectivity index (χ1) is 13.0. The zero-order chi connectivity index (χ0) is 19.2. The molecule has 0 aliphatic heterocycles. The minimum absolute atomic E-state index is 0.0146. The van der Waals surface area contributed by atoms with Gasteiger partial charge in [0.1, 0.15) is 11.5 Å². The van der Waals surface area contributed by atoms with Crippen molar-refractivity contribution in [2.75, 3.05) is 13.6 Å². The van der Waals surface area contributed by atoms with E-state index in [2.05, 4.69) is 0 Å². The van der Waals surface area contributed by atoms with E-state index in [1.165, 1.54) is 0 Å². The molecule has 0 bridgehead atoms. The molecule has 1 amide bonds. The molecule has 0 unspecified atom stereocenters. The smallest absolute Gasteiger partial charge is 0.236 e. The van der Waals surface area contributed by atoms with E-state index in [4.69, 9.17) is 32.0 Å². The first kappa shape index (κ1) is 19.5. The van der Waals surface area contributed by atoms with Gasteiger partial charge in [-0.25, -0.2) is 0 Å². The Hall–Kier alpha value is -2.21. The normalized spacial score (nSPS) is 11.1. The van der Waals surface area contributed by atoms with Crippen LogP contribution in [0, 0.1) is 0 Å². The predicted octanol–water partition coefficient (Wildman–Crippen LogP) is 4.84. The number of rotatable bonds is 8. The van der Waals surface area contributed by atoms with E-state index < -0.39 is 0 Å². The fourth-order valence-electron chi connectivity index (χ4n) is 2.73. The number of carbonyl (C=O) groups excluding carboxylic acids is 1. The van der Waals surface area contributed by atoms with Gasteiger partial charge in [-0.3, -0.25) is 9.69 Å². The third kappa shape index (κ3) is 5.63. The lowest BCUT2D eigenvalue weighted by atomic mass is 10.2. The van der Waals surface area contributed by atoms with Crippen molar-refractivity contribution in [2.24, 2.45) is 0 Å². The molecule has 27 heavy (non-hydrogen) atoms. The predicted molar refractivity (Wildman–Crippen MR) is 104 cm³/mol. The van der Waals surface area contributed by atoms with E-state index in [0.29, 0.717) is 29.7 Å². The Morgan fingerprint density at radius 3 is 2.07 bits per heavy atom. The molecule has 0 aliphatic rings. The molecular weight excluding hydrogens is 387 g/mol. The van der Waals surface area contributed by atoms with Gasteiger partial charge in [-0.05, 0) is 42.0 Å². The summed E-state index contributed by atoms with van der Waals surface area (Å²) >= 11 is 12.0. The lowest BCUT2D eigenvalue weighted by Gasteiger charge is -2.24. The summed E-state index contributed by atoms with van der Waals surface area (Å²) in [5.74, 6) is 1.57. The van der Waals surface area contributed by atoms with Crippen molar-refractivity contribution in [3.63, 3.8) is 0 Å². The van der Waals surface area contributed by atoms with Crippen LogP contribution < -0.4 is 0 Å². The monoisotopic (exact) mass is 406 g/mol. The average molecular weight is 407 g/mol. The van der Waals surface area contributed by atoms with E-state index >= 15 is 0 Å². The third-order valence-electron chi connectivity index (χ3n) is 4.11. The van der Waals surface area contributed by atoms with Crippen LogP contribution in [-0.2, 0) is 24.4 Å². The number of likely N-dealkylation sites (N-methyl/N-ethyl adjacent to an activating group) is 1. The van der Waals surface area contributed by atoms with E-state index in [0.717, 1.165) is 17.1 Å². The molecule has 0 aliphatic carbocycles. The highest BCUT2D eigenvalue weighted by atomic mass is 35.5. The summed E-state index contributed by atoms with van der Waals surface area (Å²) in [5.41, 5.74) is 0.920. The number of benzene rings is 1. The number of nitrogens with zero attached hydrogens (tertiary/aromatic N) is 2. The first-order valence-corrected chi connectivity index (χ1v) is 9.22. The Kier molecular flexibility index (Phi) is 6.61. The second-order valence-corrected chi connectivity index (χ2v) is 7.12. The molecule has 2 heterocycles. The van der Waals surface area contributed by atoms with Gasteiger partial charge < -0.3 is 13.7 Å². The van der Waals surface area contributed by atoms with Gasteiger partial charge in [-0.15, -0.1) is 0 Å². The van der Waals surface area contributed by atoms with Crippen molar-refractivity contribution in [2.45, 2.75) is 19.6 Å². The van der Waals surface area contributed by atoms with Crippen LogP contribution in [0.15, 0.2) is 63.8 Å². The summed E-state index contributed by atoms with van der Waals surface area (Å²) in [6.45, 7) is 1.71. The fourth-order valence-corrected chi connectivity index (χ4v) is 3.05. The van der Waals surface area contributed by atoms with E-state index in [-0.39, 0.29) is 12.5 Å². The van der Waals surface area contributed by atoms with E-state index in [9.17, 15) is 4.79 Å². The van der Waals surface area contributed by atoms with Crippen LogP contribution in [0.4, 0.5) is 0 Å². The quantitative estimate of drug-likeness (QED) is 0.536. The molecule has 1 aromatic carbocycles. The van der Waals surface area contributed by atoms with Crippen LogP contribution in [0.5, 0.6) is 0 Å². The number of carbonyl (C=O) groups is 1. The van der Waals surface area contributed by atoms with Gasteiger partial charge in [-0.1, -0.05) is 29.3 Å². The molecule has 0 radical (unpaired) electrons. The molecule has 5 nitrogen and oxygen atoms in total. The highest BCUT2D eigenvalue weighted by molar-refractivity contribution is 6.42. The molecule has 142 valence electrons. The molecule has 0 fully saturated rings. The number of amides is 1. The molecule has 2 aromatic heterocycles. The molecule has 3 rings (SSSR count). The van der Waals surface area contributed by atoms with Gasteiger partial charge in [0.2, 0.25) is 5.91 Å². The number of halogens is 2. The molecule has 7 heteroatoms. The Labute approximate surface area is 168 Å². The molecule has 0 saturated heterocycles. The number of hydrogen-bond acceptors (Lipinski definition) is 4. The number of furan rings is 2. The first-order valence-electron chi connectivity index (χ1n) is 8.46. The summed E-state index contributed by atoms with van der Waals surface area (Å²) < 4.78 is 10.8. The van der Waals surface area contributed by atoms with Crippen LogP contribution >= 0.6 is 23.2 Å².